The molecule has 0 amide bonds. The normalized spacial score (nSPS) is 20.3. The Hall–Kier alpha value is -2.22. The molecule has 1 atom stereocenters. The van der Waals surface area contributed by atoms with Crippen LogP contribution in [0.5, 0.6) is 0 Å². The monoisotopic (exact) mass is 339 g/mol. The first-order valence-corrected chi connectivity index (χ1v) is 8.23. The van der Waals surface area contributed by atoms with Crippen LogP contribution in [0, 0.1) is 11.3 Å². The van der Waals surface area contributed by atoms with Crippen LogP contribution in [0.15, 0.2) is 75.1 Å². The molecule has 2 N–H and O–H groups in total. The number of rotatable bonds is 3. The Bertz CT molecular complexity index is 852. The maximum absolute atomic E-state index is 9.71. The summed E-state index contributed by atoms with van der Waals surface area (Å²) < 4.78 is 0. The van der Waals surface area contributed by atoms with Crippen LogP contribution in [0.4, 0.5) is 0 Å². The van der Waals surface area contributed by atoms with Crippen LogP contribution < -0.4 is 5.73 Å². The van der Waals surface area contributed by atoms with Gasteiger partial charge in [0.1, 0.15) is 10.9 Å². The number of halogens is 1. The summed E-state index contributed by atoms with van der Waals surface area (Å²) in [5, 5.41) is 11.0. The van der Waals surface area contributed by atoms with Crippen LogP contribution in [-0.2, 0) is 5.41 Å². The van der Waals surface area contributed by atoms with Gasteiger partial charge in [-0.1, -0.05) is 59.8 Å². The molecule has 0 radical (unpaired) electrons. The summed E-state index contributed by atoms with van der Waals surface area (Å²) in [6, 6.07) is 19.5. The van der Waals surface area contributed by atoms with Crippen molar-refractivity contribution in [3.8, 4) is 6.07 Å². The zero-order valence-corrected chi connectivity index (χ0v) is 14.0. The highest BCUT2D eigenvalue weighted by molar-refractivity contribution is 8.03. The Morgan fingerprint density at radius 3 is 2.57 bits per heavy atom. The van der Waals surface area contributed by atoms with Crippen LogP contribution in [0.2, 0.25) is 5.02 Å². The Morgan fingerprint density at radius 1 is 1.17 bits per heavy atom. The van der Waals surface area contributed by atoms with Gasteiger partial charge in [-0.2, -0.15) is 5.26 Å². The van der Waals surface area contributed by atoms with E-state index in [1.807, 2.05) is 61.5 Å². The molecule has 1 heterocycles. The van der Waals surface area contributed by atoms with Crippen molar-refractivity contribution < 1.29 is 0 Å². The zero-order chi connectivity index (χ0) is 16.4. The fourth-order valence-electron chi connectivity index (χ4n) is 2.56. The smallest absolute Gasteiger partial charge is 0.118 e. The molecule has 0 spiro atoms. The van der Waals surface area contributed by atoms with Crippen LogP contribution in [-0.4, -0.2) is 5.84 Å². The van der Waals surface area contributed by atoms with Gasteiger partial charge in [0.25, 0.3) is 0 Å². The van der Waals surface area contributed by atoms with Gasteiger partial charge in [0.05, 0.1) is 17.1 Å². The lowest BCUT2D eigenvalue weighted by Gasteiger charge is -2.25. The molecule has 2 aromatic rings. The molecule has 2 aromatic carbocycles. The minimum atomic E-state index is -0.698. The van der Waals surface area contributed by atoms with E-state index < -0.39 is 5.41 Å². The number of amidine groups is 1. The molecule has 0 unspecified atom stereocenters. The molecule has 3 nitrogen and oxygen atoms in total. The SMILES string of the molecule is C[C@]1(c2ccccc2)C(N)=NC(Sc2cccc(Cl)c2)=C1C#N. The highest BCUT2D eigenvalue weighted by atomic mass is 35.5. The Kier molecular flexibility index (Phi) is 4.16. The zero-order valence-electron chi connectivity index (χ0n) is 12.5. The van der Waals surface area contributed by atoms with Crippen molar-refractivity contribution in [3.63, 3.8) is 0 Å². The predicted molar refractivity (Wildman–Crippen MR) is 95.4 cm³/mol. The molecule has 0 fully saturated rings. The van der Waals surface area contributed by atoms with Crippen molar-refractivity contribution in [3.05, 3.63) is 75.8 Å². The first-order chi connectivity index (χ1) is 11.1. The van der Waals surface area contributed by atoms with Gasteiger partial charge in [-0.3, -0.25) is 0 Å². The van der Waals surface area contributed by atoms with Gasteiger partial charge in [-0.05, 0) is 30.7 Å². The fourth-order valence-corrected chi connectivity index (χ4v) is 3.86. The number of aliphatic imine (C=N–C) groups is 1. The maximum Gasteiger partial charge on any atom is 0.118 e. The Balaban J connectivity index is 2.06. The van der Waals surface area contributed by atoms with Crippen molar-refractivity contribution in [1.29, 1.82) is 5.26 Å². The molecule has 0 saturated heterocycles. The van der Waals surface area contributed by atoms with Crippen molar-refractivity contribution in [2.24, 2.45) is 10.7 Å². The number of nitrogens with zero attached hydrogens (tertiary/aromatic N) is 2. The number of benzene rings is 2. The largest absolute Gasteiger partial charge is 0.386 e. The van der Waals surface area contributed by atoms with Gasteiger partial charge >= 0.3 is 0 Å². The number of hydrogen-bond acceptors (Lipinski definition) is 4. The summed E-state index contributed by atoms with van der Waals surface area (Å²) in [5.74, 6) is 0.435. The first kappa shape index (κ1) is 15.7. The second kappa shape index (κ2) is 6.11. The average molecular weight is 340 g/mol. The standard InChI is InChI=1S/C18H14ClN3S/c1-18(12-6-3-2-4-7-12)15(11-20)16(22-17(18)21)23-14-9-5-8-13(19)10-14/h2-10H,1H3,(H2,21,22)/t18-/m1/s1. The van der Waals surface area contributed by atoms with E-state index in [4.69, 9.17) is 17.3 Å². The predicted octanol–water partition coefficient (Wildman–Crippen LogP) is 4.50. The number of hydrogen-bond donors (Lipinski definition) is 1. The fraction of sp³-hybridized carbons (Fsp3) is 0.111. The second-order valence-corrected chi connectivity index (χ2v) is 6.84. The van der Waals surface area contributed by atoms with Crippen molar-refractivity contribution in [1.82, 2.24) is 0 Å². The highest BCUT2D eigenvalue weighted by Gasteiger charge is 2.42. The van der Waals surface area contributed by atoms with Gasteiger partial charge in [0, 0.05) is 9.92 Å². The topological polar surface area (TPSA) is 62.2 Å². The molecule has 5 heteroatoms. The maximum atomic E-state index is 9.71. The lowest BCUT2D eigenvalue weighted by Crippen LogP contribution is -2.37. The van der Waals surface area contributed by atoms with Gasteiger partial charge < -0.3 is 5.73 Å². The van der Waals surface area contributed by atoms with E-state index in [-0.39, 0.29) is 0 Å². The molecular formula is C18H14ClN3S. The molecule has 0 aliphatic carbocycles. The van der Waals surface area contributed by atoms with E-state index in [0.717, 1.165) is 10.5 Å². The molecule has 1 aliphatic rings. The molecular weight excluding hydrogens is 326 g/mol. The third-order valence-electron chi connectivity index (χ3n) is 3.92. The first-order valence-electron chi connectivity index (χ1n) is 7.04. The van der Waals surface area contributed by atoms with Crippen LogP contribution in [0.25, 0.3) is 0 Å². The highest BCUT2D eigenvalue weighted by Crippen LogP contribution is 2.44. The summed E-state index contributed by atoms with van der Waals surface area (Å²) in [4.78, 5) is 5.39. The van der Waals surface area contributed by atoms with E-state index in [1.165, 1.54) is 11.8 Å². The third-order valence-corrected chi connectivity index (χ3v) is 5.14. The van der Waals surface area contributed by atoms with E-state index >= 15 is 0 Å². The van der Waals surface area contributed by atoms with E-state index in [2.05, 4.69) is 11.1 Å². The summed E-state index contributed by atoms with van der Waals surface area (Å²) in [7, 11) is 0. The summed E-state index contributed by atoms with van der Waals surface area (Å²) >= 11 is 7.43. The van der Waals surface area contributed by atoms with Crippen LogP contribution >= 0.6 is 23.4 Å². The van der Waals surface area contributed by atoms with Crippen LogP contribution in [0.3, 0.4) is 0 Å². The second-order valence-electron chi connectivity index (χ2n) is 5.34. The van der Waals surface area contributed by atoms with Crippen LogP contribution in [0.1, 0.15) is 12.5 Å². The van der Waals surface area contributed by atoms with Crippen molar-refractivity contribution in [2.75, 3.05) is 0 Å². The van der Waals surface area contributed by atoms with Crippen molar-refractivity contribution in [2.45, 2.75) is 17.2 Å². The number of nitriles is 1. The van der Waals surface area contributed by atoms with E-state index in [9.17, 15) is 5.26 Å². The average Bonchev–Trinajstić information content (AvgIpc) is 2.79. The molecule has 23 heavy (non-hydrogen) atoms. The summed E-state index contributed by atoms with van der Waals surface area (Å²) in [6.45, 7) is 1.94. The van der Waals surface area contributed by atoms with Crippen molar-refractivity contribution >= 4 is 29.2 Å². The minimum Gasteiger partial charge on any atom is -0.386 e. The molecule has 114 valence electrons. The van der Waals surface area contributed by atoms with E-state index in [0.29, 0.717) is 21.5 Å². The molecule has 1 aliphatic heterocycles. The van der Waals surface area contributed by atoms with Gasteiger partial charge in [0.2, 0.25) is 0 Å². The number of nitrogens with two attached hydrogens (primary N) is 1. The van der Waals surface area contributed by atoms with E-state index in [1.54, 1.807) is 0 Å². The molecule has 3 rings (SSSR count). The lowest BCUT2D eigenvalue weighted by molar-refractivity contribution is 0.782. The van der Waals surface area contributed by atoms with Gasteiger partial charge in [0.15, 0.2) is 0 Å². The summed E-state index contributed by atoms with van der Waals surface area (Å²) in [6.07, 6.45) is 0. The molecule has 0 bridgehead atoms. The summed E-state index contributed by atoms with van der Waals surface area (Å²) in [5.41, 5.74) is 7.02. The Labute approximate surface area is 144 Å². The quantitative estimate of drug-likeness (QED) is 0.895. The molecule has 0 saturated carbocycles. The van der Waals surface area contributed by atoms with Gasteiger partial charge in [-0.15, -0.1) is 0 Å². The van der Waals surface area contributed by atoms with Gasteiger partial charge in [-0.25, -0.2) is 4.99 Å². The minimum absolute atomic E-state index is 0.435. The molecule has 0 aromatic heterocycles. The number of thioether (sulfide) groups is 1. The third kappa shape index (κ3) is 2.74. The Morgan fingerprint density at radius 2 is 1.91 bits per heavy atom. The lowest BCUT2D eigenvalue weighted by atomic mass is 9.77.